The van der Waals surface area contributed by atoms with E-state index in [1.807, 2.05) is 31.5 Å². The number of carbonyl (C=O) groups is 1. The number of rotatable bonds is 8. The summed E-state index contributed by atoms with van der Waals surface area (Å²) < 4.78 is 5.44. The minimum absolute atomic E-state index is 0.0677. The Hall–Kier alpha value is -2.77. The summed E-state index contributed by atoms with van der Waals surface area (Å²) in [6.45, 7) is 6.36. The zero-order valence-electron chi connectivity index (χ0n) is 24.2. The Morgan fingerprint density at radius 1 is 1.07 bits per heavy atom. The molecule has 2 fully saturated rings. The predicted molar refractivity (Wildman–Crippen MR) is 161 cm³/mol. The number of hydrogen-bond acceptors (Lipinski definition) is 6. The summed E-state index contributed by atoms with van der Waals surface area (Å²) in [5.74, 6) is 1.63. The van der Waals surface area contributed by atoms with Crippen LogP contribution in [0.5, 0.6) is 5.75 Å². The third-order valence-electron chi connectivity index (χ3n) is 8.85. The van der Waals surface area contributed by atoms with Crippen molar-refractivity contribution in [1.29, 1.82) is 0 Å². The van der Waals surface area contributed by atoms with Crippen LogP contribution in [0.4, 0.5) is 0 Å². The molecule has 2 heterocycles. The largest absolute Gasteiger partial charge is 0.496 e. The molecule has 2 aliphatic carbocycles. The van der Waals surface area contributed by atoms with Crippen LogP contribution in [0.3, 0.4) is 0 Å². The first kappa shape index (κ1) is 28.7. The molecule has 2 aromatic heterocycles. The van der Waals surface area contributed by atoms with Gasteiger partial charge in [-0.15, -0.1) is 11.3 Å². The molecule has 4 unspecified atom stereocenters. The molecular formula is C33H43N3O3S. The molecule has 2 N–H and O–H groups in total. The highest BCUT2D eigenvalue weighted by Gasteiger charge is 2.37. The van der Waals surface area contributed by atoms with E-state index >= 15 is 0 Å². The number of pyridine rings is 1. The van der Waals surface area contributed by atoms with Gasteiger partial charge < -0.3 is 15.2 Å². The Bertz CT molecular complexity index is 1300. The number of aryl methyl sites for hydroxylation is 1. The van der Waals surface area contributed by atoms with Crippen LogP contribution >= 0.6 is 11.3 Å². The molecule has 5 rings (SSSR count). The van der Waals surface area contributed by atoms with Gasteiger partial charge in [-0.1, -0.05) is 45.2 Å². The molecule has 0 radical (unpaired) electrons. The van der Waals surface area contributed by atoms with Gasteiger partial charge in [0.05, 0.1) is 34.8 Å². The summed E-state index contributed by atoms with van der Waals surface area (Å²) in [5.41, 5.74) is 4.18. The Labute approximate surface area is 242 Å². The second-order valence-electron chi connectivity index (χ2n) is 12.0. The van der Waals surface area contributed by atoms with Gasteiger partial charge >= 0.3 is 0 Å². The molecule has 0 spiro atoms. The van der Waals surface area contributed by atoms with E-state index in [0.717, 1.165) is 76.5 Å². The van der Waals surface area contributed by atoms with Crippen molar-refractivity contribution in [2.45, 2.75) is 96.1 Å². The molecule has 4 atom stereocenters. The highest BCUT2D eigenvalue weighted by molar-refractivity contribution is 7.15. The second-order valence-corrected chi connectivity index (χ2v) is 13.0. The van der Waals surface area contributed by atoms with Gasteiger partial charge in [-0.25, -0.2) is 4.98 Å². The van der Waals surface area contributed by atoms with Gasteiger partial charge in [0.15, 0.2) is 0 Å². The van der Waals surface area contributed by atoms with Crippen molar-refractivity contribution in [2.75, 3.05) is 7.11 Å². The number of ether oxygens (including phenoxy) is 1. The Balaban J connectivity index is 1.40. The fourth-order valence-corrected chi connectivity index (χ4v) is 7.45. The molecule has 2 saturated carbocycles. The lowest BCUT2D eigenvalue weighted by atomic mass is 9.73. The van der Waals surface area contributed by atoms with Crippen molar-refractivity contribution in [3.63, 3.8) is 0 Å². The van der Waals surface area contributed by atoms with Gasteiger partial charge in [-0.2, -0.15) is 0 Å². The number of hydrogen-bond donors (Lipinski definition) is 2. The summed E-state index contributed by atoms with van der Waals surface area (Å²) in [7, 11) is 1.69. The topological polar surface area (TPSA) is 84.3 Å². The number of methoxy groups -OCH3 is 1. The number of aliphatic hydroxyl groups excluding tert-OH is 1. The van der Waals surface area contributed by atoms with Crippen LogP contribution in [0, 0.1) is 18.8 Å². The van der Waals surface area contributed by atoms with Crippen LogP contribution in [0.15, 0.2) is 42.7 Å². The van der Waals surface area contributed by atoms with Gasteiger partial charge in [0.2, 0.25) is 5.91 Å². The predicted octanol–water partition coefficient (Wildman–Crippen LogP) is 7.33. The van der Waals surface area contributed by atoms with Crippen molar-refractivity contribution < 1.29 is 14.6 Å². The fourth-order valence-electron chi connectivity index (χ4n) is 6.53. The molecule has 40 heavy (non-hydrogen) atoms. The van der Waals surface area contributed by atoms with E-state index in [1.54, 1.807) is 18.4 Å². The molecular weight excluding hydrogens is 518 g/mol. The number of amides is 1. The monoisotopic (exact) mass is 561 g/mol. The lowest BCUT2D eigenvalue weighted by Gasteiger charge is -2.38. The summed E-state index contributed by atoms with van der Waals surface area (Å²) in [4.78, 5) is 24.0. The maximum absolute atomic E-state index is 13.5. The lowest BCUT2D eigenvalue weighted by molar-refractivity contribution is -0.127. The first-order chi connectivity index (χ1) is 19.3. The van der Waals surface area contributed by atoms with Gasteiger partial charge in [0.25, 0.3) is 0 Å². The zero-order chi connectivity index (χ0) is 28.2. The van der Waals surface area contributed by atoms with E-state index in [-0.39, 0.29) is 29.7 Å². The number of carbonyl (C=O) groups excluding carboxylic acids is 1. The Morgan fingerprint density at radius 3 is 2.55 bits per heavy atom. The molecule has 0 aliphatic heterocycles. The SMILES string of the molecule is COc1ccc(C2CCC(C(NC(=O)C3CCCCC3)c3cc(-c4cnc(C(C)C)s4)ccn3)CC2O)cc1C. The second kappa shape index (κ2) is 12.8. The van der Waals surface area contributed by atoms with Crippen LogP contribution in [0.25, 0.3) is 10.4 Å². The van der Waals surface area contributed by atoms with Crippen molar-refractivity contribution in [2.24, 2.45) is 11.8 Å². The van der Waals surface area contributed by atoms with Crippen molar-refractivity contribution in [1.82, 2.24) is 15.3 Å². The zero-order valence-corrected chi connectivity index (χ0v) is 25.0. The first-order valence-corrected chi connectivity index (χ1v) is 15.7. The number of aromatic nitrogens is 2. The minimum atomic E-state index is -0.487. The number of thiazole rings is 1. The quantitative estimate of drug-likeness (QED) is 0.301. The summed E-state index contributed by atoms with van der Waals surface area (Å²) in [6, 6.07) is 10.1. The molecule has 1 aromatic carbocycles. The van der Waals surface area contributed by atoms with Gasteiger partial charge in [0, 0.05) is 30.1 Å². The third kappa shape index (κ3) is 6.41. The van der Waals surface area contributed by atoms with E-state index in [2.05, 4.69) is 42.3 Å². The summed E-state index contributed by atoms with van der Waals surface area (Å²) in [5, 5.41) is 16.0. The minimum Gasteiger partial charge on any atom is -0.496 e. The average Bonchev–Trinajstić information content (AvgIpc) is 3.47. The molecule has 0 bridgehead atoms. The Morgan fingerprint density at radius 2 is 1.88 bits per heavy atom. The van der Waals surface area contributed by atoms with Gasteiger partial charge in [-0.05, 0) is 79.8 Å². The van der Waals surface area contributed by atoms with Crippen LogP contribution < -0.4 is 10.1 Å². The van der Waals surface area contributed by atoms with Crippen LogP contribution in [0.2, 0.25) is 0 Å². The molecule has 7 heteroatoms. The van der Waals surface area contributed by atoms with E-state index in [4.69, 9.17) is 9.72 Å². The lowest BCUT2D eigenvalue weighted by Crippen LogP contribution is -2.41. The van der Waals surface area contributed by atoms with Crippen molar-refractivity contribution in [3.8, 4) is 16.2 Å². The normalized spacial score (nSPS) is 22.7. The van der Waals surface area contributed by atoms with Gasteiger partial charge in [0.1, 0.15) is 5.75 Å². The van der Waals surface area contributed by atoms with Gasteiger partial charge in [-0.3, -0.25) is 9.78 Å². The number of benzene rings is 1. The fraction of sp³-hybridized carbons (Fsp3) is 0.545. The van der Waals surface area contributed by atoms with Crippen LogP contribution in [-0.4, -0.2) is 34.2 Å². The first-order valence-electron chi connectivity index (χ1n) is 14.9. The summed E-state index contributed by atoms with van der Waals surface area (Å²) >= 11 is 1.71. The molecule has 1 amide bonds. The number of nitrogens with zero attached hydrogens (tertiary/aromatic N) is 2. The van der Waals surface area contributed by atoms with Crippen molar-refractivity contribution in [3.05, 3.63) is 64.6 Å². The third-order valence-corrected chi connectivity index (χ3v) is 10.2. The molecule has 0 saturated heterocycles. The van der Waals surface area contributed by atoms with E-state index < -0.39 is 6.10 Å². The average molecular weight is 562 g/mol. The smallest absolute Gasteiger partial charge is 0.223 e. The van der Waals surface area contributed by atoms with E-state index in [1.165, 1.54) is 6.42 Å². The highest BCUT2D eigenvalue weighted by atomic mass is 32.1. The molecule has 214 valence electrons. The van der Waals surface area contributed by atoms with E-state index in [9.17, 15) is 9.90 Å². The van der Waals surface area contributed by atoms with Crippen LogP contribution in [-0.2, 0) is 4.79 Å². The maximum atomic E-state index is 13.5. The number of aliphatic hydroxyl groups is 1. The summed E-state index contributed by atoms with van der Waals surface area (Å²) in [6.07, 6.45) is 11.1. The highest BCUT2D eigenvalue weighted by Crippen LogP contribution is 2.43. The molecule has 3 aromatic rings. The molecule has 2 aliphatic rings. The van der Waals surface area contributed by atoms with Crippen LogP contribution in [0.1, 0.15) is 105 Å². The Kier molecular flexibility index (Phi) is 9.21. The van der Waals surface area contributed by atoms with Crippen molar-refractivity contribution >= 4 is 17.2 Å². The molecule has 6 nitrogen and oxygen atoms in total. The van der Waals surface area contributed by atoms with E-state index in [0.29, 0.717) is 12.3 Å². The number of nitrogens with one attached hydrogen (secondary N) is 1. The standard InChI is InChI=1S/C33H43N3O3S/c1-20(2)33-35-19-30(40-33)24-14-15-34-27(17-24)31(36-32(38)22-8-6-5-7-9-22)25-10-12-26(28(37)18-25)23-11-13-29(39-4)21(3)16-23/h11,13-17,19-20,22,25-26,28,31,37H,5-10,12,18H2,1-4H3,(H,36,38). The maximum Gasteiger partial charge on any atom is 0.223 e.